The van der Waals surface area contributed by atoms with Crippen LogP contribution in [0, 0.1) is 11.8 Å². The van der Waals surface area contributed by atoms with E-state index in [0.29, 0.717) is 0 Å². The maximum Gasteiger partial charge on any atom is -0.0206 e. The van der Waals surface area contributed by atoms with Gasteiger partial charge >= 0.3 is 0 Å². The van der Waals surface area contributed by atoms with Crippen LogP contribution in [0.2, 0.25) is 0 Å². The quantitative estimate of drug-likeness (QED) is 0.555. The molecular weight excluding hydrogens is 168 g/mol. The second-order valence-corrected chi connectivity index (χ2v) is 4.88. The van der Waals surface area contributed by atoms with Crippen molar-refractivity contribution in [3.05, 3.63) is 11.6 Å². The van der Waals surface area contributed by atoms with Crippen LogP contribution >= 0.6 is 0 Å². The van der Waals surface area contributed by atoms with Crippen molar-refractivity contribution in [2.75, 3.05) is 0 Å². The molecule has 14 heavy (non-hydrogen) atoms. The third-order valence-corrected chi connectivity index (χ3v) is 3.76. The molecule has 0 saturated heterocycles. The van der Waals surface area contributed by atoms with Crippen molar-refractivity contribution >= 4 is 0 Å². The Balaban J connectivity index is 2.45. The molecule has 0 nitrogen and oxygen atoms in total. The van der Waals surface area contributed by atoms with Gasteiger partial charge in [-0.3, -0.25) is 0 Å². The Morgan fingerprint density at radius 1 is 1.36 bits per heavy atom. The monoisotopic (exact) mass is 194 g/mol. The molecule has 1 rings (SSSR count). The molecular formula is C14H26. The van der Waals surface area contributed by atoms with Gasteiger partial charge in [0.25, 0.3) is 0 Å². The van der Waals surface area contributed by atoms with E-state index < -0.39 is 0 Å². The third kappa shape index (κ3) is 3.48. The second-order valence-electron chi connectivity index (χ2n) is 4.88. The average Bonchev–Trinajstić information content (AvgIpc) is 2.26. The molecule has 0 spiro atoms. The molecule has 0 heterocycles. The maximum atomic E-state index is 2.56. The van der Waals surface area contributed by atoms with Crippen LogP contribution in [0.15, 0.2) is 11.6 Å². The van der Waals surface area contributed by atoms with Crippen LogP contribution in [0.3, 0.4) is 0 Å². The highest BCUT2D eigenvalue weighted by Gasteiger charge is 2.16. The van der Waals surface area contributed by atoms with E-state index in [4.69, 9.17) is 0 Å². The summed E-state index contributed by atoms with van der Waals surface area (Å²) in [7, 11) is 0. The molecule has 0 heteroatoms. The van der Waals surface area contributed by atoms with Crippen molar-refractivity contribution < 1.29 is 0 Å². The molecule has 0 aromatic rings. The van der Waals surface area contributed by atoms with Crippen LogP contribution in [-0.4, -0.2) is 0 Å². The Bertz CT molecular complexity index is 178. The Morgan fingerprint density at radius 2 is 2.14 bits per heavy atom. The summed E-state index contributed by atoms with van der Waals surface area (Å²) in [4.78, 5) is 0. The molecule has 0 radical (unpaired) electrons. The minimum Gasteiger partial charge on any atom is -0.0848 e. The van der Waals surface area contributed by atoms with Crippen molar-refractivity contribution in [1.29, 1.82) is 0 Å². The highest BCUT2D eigenvalue weighted by molar-refractivity contribution is 5.09. The van der Waals surface area contributed by atoms with E-state index >= 15 is 0 Å². The summed E-state index contributed by atoms with van der Waals surface area (Å²) in [6, 6.07) is 0. The Labute approximate surface area is 89.8 Å². The maximum absolute atomic E-state index is 2.56. The first-order chi connectivity index (χ1) is 6.77. The van der Waals surface area contributed by atoms with Crippen molar-refractivity contribution in [2.24, 2.45) is 11.8 Å². The zero-order valence-electron chi connectivity index (χ0n) is 10.2. The molecule has 2 unspecified atom stereocenters. The summed E-state index contributed by atoms with van der Waals surface area (Å²) in [5, 5.41) is 0. The summed E-state index contributed by atoms with van der Waals surface area (Å²) >= 11 is 0. The first-order valence-electron chi connectivity index (χ1n) is 6.46. The zero-order valence-corrected chi connectivity index (χ0v) is 10.2. The van der Waals surface area contributed by atoms with E-state index in [0.717, 1.165) is 11.8 Å². The lowest BCUT2D eigenvalue weighted by molar-refractivity contribution is 0.437. The van der Waals surface area contributed by atoms with Crippen LogP contribution in [0.4, 0.5) is 0 Å². The Hall–Kier alpha value is -0.260. The summed E-state index contributed by atoms with van der Waals surface area (Å²) in [5.74, 6) is 1.80. The van der Waals surface area contributed by atoms with Crippen LogP contribution in [-0.2, 0) is 0 Å². The van der Waals surface area contributed by atoms with Crippen molar-refractivity contribution in [3.63, 3.8) is 0 Å². The van der Waals surface area contributed by atoms with E-state index in [2.05, 4.69) is 26.8 Å². The Kier molecular flexibility index (Phi) is 5.29. The normalized spacial score (nSPS) is 27.9. The van der Waals surface area contributed by atoms with Gasteiger partial charge in [-0.15, -0.1) is 0 Å². The summed E-state index contributed by atoms with van der Waals surface area (Å²) in [5.41, 5.74) is 1.78. The van der Waals surface area contributed by atoms with Crippen molar-refractivity contribution in [3.8, 4) is 0 Å². The van der Waals surface area contributed by atoms with Crippen LogP contribution in [0.5, 0.6) is 0 Å². The highest BCUT2D eigenvalue weighted by atomic mass is 14.2. The van der Waals surface area contributed by atoms with Gasteiger partial charge in [-0.1, -0.05) is 45.3 Å². The lowest BCUT2D eigenvalue weighted by Crippen LogP contribution is -2.09. The van der Waals surface area contributed by atoms with Gasteiger partial charge in [0.2, 0.25) is 0 Å². The van der Waals surface area contributed by atoms with Crippen LogP contribution in [0.25, 0.3) is 0 Å². The molecule has 2 atom stereocenters. The fourth-order valence-corrected chi connectivity index (χ4v) is 2.36. The van der Waals surface area contributed by atoms with Gasteiger partial charge in [0.1, 0.15) is 0 Å². The smallest absolute Gasteiger partial charge is 0.0206 e. The minimum absolute atomic E-state index is 0.877. The average molecular weight is 194 g/mol. The van der Waals surface area contributed by atoms with E-state index in [1.54, 1.807) is 5.57 Å². The second kappa shape index (κ2) is 6.27. The first-order valence-corrected chi connectivity index (χ1v) is 6.46. The highest BCUT2D eigenvalue weighted by Crippen LogP contribution is 2.32. The lowest BCUT2D eigenvalue weighted by Gasteiger charge is -2.24. The van der Waals surface area contributed by atoms with E-state index in [1.165, 1.54) is 44.9 Å². The van der Waals surface area contributed by atoms with Crippen LogP contribution in [0.1, 0.15) is 65.7 Å². The molecule has 0 aliphatic heterocycles. The molecule has 1 saturated carbocycles. The van der Waals surface area contributed by atoms with Gasteiger partial charge < -0.3 is 0 Å². The number of rotatable bonds is 4. The number of hydrogen-bond donors (Lipinski definition) is 0. The molecule has 1 fully saturated rings. The van der Waals surface area contributed by atoms with E-state index in [1.807, 2.05) is 0 Å². The fraction of sp³-hybridized carbons (Fsp3) is 0.857. The molecule has 82 valence electrons. The molecule has 1 aliphatic carbocycles. The topological polar surface area (TPSA) is 0 Å². The minimum atomic E-state index is 0.877. The molecule has 0 bridgehead atoms. The predicted molar refractivity (Wildman–Crippen MR) is 64.4 cm³/mol. The van der Waals surface area contributed by atoms with Crippen molar-refractivity contribution in [1.82, 2.24) is 0 Å². The molecule has 0 aromatic carbocycles. The summed E-state index contributed by atoms with van der Waals surface area (Å²) in [6.45, 7) is 7.00. The van der Waals surface area contributed by atoms with Gasteiger partial charge in [0.15, 0.2) is 0 Å². The number of allylic oxidation sites excluding steroid dienone is 2. The first kappa shape index (κ1) is 11.8. The van der Waals surface area contributed by atoms with Gasteiger partial charge in [0.05, 0.1) is 0 Å². The van der Waals surface area contributed by atoms with E-state index in [-0.39, 0.29) is 0 Å². The Morgan fingerprint density at radius 3 is 2.79 bits per heavy atom. The lowest BCUT2D eigenvalue weighted by atomic mass is 9.81. The molecule has 0 amide bonds. The van der Waals surface area contributed by atoms with Gasteiger partial charge in [-0.25, -0.2) is 0 Å². The van der Waals surface area contributed by atoms with Crippen molar-refractivity contribution in [2.45, 2.75) is 65.7 Å². The number of hydrogen-bond acceptors (Lipinski definition) is 0. The van der Waals surface area contributed by atoms with Crippen LogP contribution < -0.4 is 0 Å². The summed E-state index contributed by atoms with van der Waals surface area (Å²) in [6.07, 6.45) is 12.3. The third-order valence-electron chi connectivity index (χ3n) is 3.76. The largest absolute Gasteiger partial charge is 0.0848 e. The molecule has 0 N–H and O–H groups in total. The summed E-state index contributed by atoms with van der Waals surface area (Å²) < 4.78 is 0. The molecule has 0 aromatic heterocycles. The molecule has 1 aliphatic rings. The van der Waals surface area contributed by atoms with Gasteiger partial charge in [0, 0.05) is 0 Å². The predicted octanol–water partition coefficient (Wildman–Crippen LogP) is 4.95. The fourth-order valence-electron chi connectivity index (χ4n) is 2.36. The van der Waals surface area contributed by atoms with Gasteiger partial charge in [-0.05, 0) is 43.9 Å². The van der Waals surface area contributed by atoms with E-state index in [9.17, 15) is 0 Å². The van der Waals surface area contributed by atoms with Gasteiger partial charge in [-0.2, -0.15) is 0 Å². The standard InChI is InChI=1S/C14H26/c1-4-12(3)10-11-14-9-7-6-8-13(14)5-2/h11-13H,4-10H2,1-3H3. The SMILES string of the molecule is CCC(C)CC=C1CCCCC1CC. The zero-order chi connectivity index (χ0) is 10.4.